The van der Waals surface area contributed by atoms with E-state index in [1.807, 2.05) is 36.4 Å². The first-order chi connectivity index (χ1) is 13.1. The van der Waals surface area contributed by atoms with Crippen LogP contribution in [0, 0.1) is 17.2 Å². The highest BCUT2D eigenvalue weighted by atomic mass is 16.1. The van der Waals surface area contributed by atoms with E-state index in [2.05, 4.69) is 35.2 Å². The Kier molecular flexibility index (Phi) is 5.68. The van der Waals surface area contributed by atoms with Crippen molar-refractivity contribution in [2.24, 2.45) is 5.92 Å². The molecule has 0 unspecified atom stereocenters. The van der Waals surface area contributed by atoms with Crippen LogP contribution in [0.2, 0.25) is 0 Å². The van der Waals surface area contributed by atoms with Gasteiger partial charge in [-0.05, 0) is 48.2 Å². The van der Waals surface area contributed by atoms with Crippen molar-refractivity contribution in [2.75, 3.05) is 6.54 Å². The lowest BCUT2D eigenvalue weighted by Gasteiger charge is -2.09. The fourth-order valence-corrected chi connectivity index (χ4v) is 2.71. The minimum atomic E-state index is -0.168. The minimum absolute atomic E-state index is 0.168. The van der Waals surface area contributed by atoms with Crippen LogP contribution in [0.4, 0.5) is 0 Å². The summed E-state index contributed by atoms with van der Waals surface area (Å²) in [6.07, 6.45) is 2.71. The van der Waals surface area contributed by atoms with Crippen molar-refractivity contribution in [3.63, 3.8) is 0 Å². The Bertz CT molecular complexity index is 974. The number of nitrogens with zero attached hydrogens (tertiary/aromatic N) is 2. The highest BCUT2D eigenvalue weighted by Crippen LogP contribution is 2.20. The van der Waals surface area contributed by atoms with Gasteiger partial charge in [-0.2, -0.15) is 5.26 Å². The van der Waals surface area contributed by atoms with Crippen LogP contribution in [-0.2, 0) is 4.79 Å². The monoisotopic (exact) mass is 358 g/mol. The number of carbonyl (C=O) groups excluding carboxylic acids is 1. The van der Waals surface area contributed by atoms with Gasteiger partial charge >= 0.3 is 0 Å². The summed E-state index contributed by atoms with van der Waals surface area (Å²) in [7, 11) is 0. The number of fused-ring (bicyclic) bond motifs is 1. The normalized spacial score (nSPS) is 11.6. The summed E-state index contributed by atoms with van der Waals surface area (Å²) in [5.74, 6) is 0.879. The molecular weight excluding hydrogens is 336 g/mol. The maximum Gasteiger partial charge on any atom is 0.255 e. The molecule has 0 saturated heterocycles. The molecule has 1 amide bonds. The number of hydrogen-bond acceptors (Lipinski definition) is 3. The first-order valence-corrected chi connectivity index (χ1v) is 9.02. The lowest BCUT2D eigenvalue weighted by atomic mass is 10.1. The number of rotatable bonds is 6. The van der Waals surface area contributed by atoms with Gasteiger partial charge in [0.05, 0.1) is 28.2 Å². The summed E-state index contributed by atoms with van der Waals surface area (Å²) in [4.78, 5) is 20.6. The molecule has 1 heterocycles. The van der Waals surface area contributed by atoms with Gasteiger partial charge in [0.15, 0.2) is 0 Å². The van der Waals surface area contributed by atoms with Gasteiger partial charge in [0.2, 0.25) is 0 Å². The molecular formula is C22H22N4O. The fourth-order valence-electron chi connectivity index (χ4n) is 2.71. The van der Waals surface area contributed by atoms with Gasteiger partial charge in [0.25, 0.3) is 5.91 Å². The molecule has 0 atom stereocenters. The second-order valence-corrected chi connectivity index (χ2v) is 6.83. The van der Waals surface area contributed by atoms with Gasteiger partial charge in [-0.25, -0.2) is 4.98 Å². The number of hydrogen-bond donors (Lipinski definition) is 2. The fraction of sp³-hybridized carbons (Fsp3) is 0.227. The van der Waals surface area contributed by atoms with Crippen molar-refractivity contribution in [1.29, 1.82) is 5.26 Å². The van der Waals surface area contributed by atoms with Crippen LogP contribution in [-0.4, -0.2) is 22.4 Å². The van der Waals surface area contributed by atoms with Crippen molar-refractivity contribution in [2.45, 2.75) is 20.3 Å². The number of nitriles is 1. The number of H-pyrrole nitrogens is 1. The van der Waals surface area contributed by atoms with E-state index in [-0.39, 0.29) is 5.91 Å². The SMILES string of the molecule is CC(C)CCNC(=O)/C(=C/c1ccc(C#N)cc1)c1nc2ccccc2[nH]1. The zero-order valence-electron chi connectivity index (χ0n) is 15.5. The Balaban J connectivity index is 1.95. The predicted molar refractivity (Wildman–Crippen MR) is 108 cm³/mol. The Hall–Kier alpha value is -3.39. The van der Waals surface area contributed by atoms with Crippen molar-refractivity contribution >= 4 is 28.6 Å². The molecule has 136 valence electrons. The number of nitrogens with one attached hydrogen (secondary N) is 2. The first-order valence-electron chi connectivity index (χ1n) is 9.02. The molecule has 5 heteroatoms. The number of imidazole rings is 1. The van der Waals surface area contributed by atoms with Crippen molar-refractivity contribution < 1.29 is 4.79 Å². The van der Waals surface area contributed by atoms with E-state index in [1.165, 1.54) is 0 Å². The molecule has 3 aromatic rings. The van der Waals surface area contributed by atoms with E-state index in [1.54, 1.807) is 18.2 Å². The quantitative estimate of drug-likeness (QED) is 0.650. The van der Waals surface area contributed by atoms with E-state index in [0.717, 1.165) is 23.0 Å². The van der Waals surface area contributed by atoms with Crippen molar-refractivity contribution in [3.8, 4) is 6.07 Å². The Morgan fingerprint density at radius 2 is 1.96 bits per heavy atom. The van der Waals surface area contributed by atoms with E-state index in [9.17, 15) is 4.79 Å². The van der Waals surface area contributed by atoms with Gasteiger partial charge in [-0.15, -0.1) is 0 Å². The number of aromatic amines is 1. The van der Waals surface area contributed by atoms with Gasteiger partial charge in [0, 0.05) is 6.54 Å². The van der Waals surface area contributed by atoms with Crippen LogP contribution in [0.1, 0.15) is 37.2 Å². The third-order valence-electron chi connectivity index (χ3n) is 4.25. The lowest BCUT2D eigenvalue weighted by molar-refractivity contribution is -0.115. The van der Waals surface area contributed by atoms with E-state index < -0.39 is 0 Å². The highest BCUT2D eigenvalue weighted by Gasteiger charge is 2.16. The summed E-state index contributed by atoms with van der Waals surface area (Å²) in [6, 6.07) is 16.9. The molecule has 0 aliphatic carbocycles. The van der Waals surface area contributed by atoms with Crippen LogP contribution >= 0.6 is 0 Å². The molecule has 27 heavy (non-hydrogen) atoms. The van der Waals surface area contributed by atoms with Crippen molar-refractivity contribution in [1.82, 2.24) is 15.3 Å². The average Bonchev–Trinajstić information content (AvgIpc) is 3.10. The second-order valence-electron chi connectivity index (χ2n) is 6.83. The Labute approximate surface area is 158 Å². The van der Waals surface area contributed by atoms with E-state index in [4.69, 9.17) is 5.26 Å². The molecule has 0 aliphatic heterocycles. The summed E-state index contributed by atoms with van der Waals surface area (Å²) in [5, 5.41) is 11.9. The van der Waals surface area contributed by atoms with Gasteiger partial charge in [0.1, 0.15) is 5.82 Å². The number of amides is 1. The topological polar surface area (TPSA) is 81.6 Å². The van der Waals surface area contributed by atoms with Gasteiger partial charge < -0.3 is 10.3 Å². The third-order valence-corrected chi connectivity index (χ3v) is 4.25. The van der Waals surface area contributed by atoms with Crippen LogP contribution in [0.15, 0.2) is 48.5 Å². The van der Waals surface area contributed by atoms with Crippen LogP contribution < -0.4 is 5.32 Å². The zero-order valence-corrected chi connectivity index (χ0v) is 15.5. The molecule has 0 bridgehead atoms. The molecule has 0 saturated carbocycles. The highest BCUT2D eigenvalue weighted by molar-refractivity contribution is 6.23. The smallest absolute Gasteiger partial charge is 0.255 e. The van der Waals surface area contributed by atoms with Crippen LogP contribution in [0.5, 0.6) is 0 Å². The summed E-state index contributed by atoms with van der Waals surface area (Å²) in [5.41, 5.74) is 3.59. The minimum Gasteiger partial charge on any atom is -0.352 e. The summed E-state index contributed by atoms with van der Waals surface area (Å²) < 4.78 is 0. The number of benzene rings is 2. The maximum atomic E-state index is 12.8. The zero-order chi connectivity index (χ0) is 19.2. The number of aromatic nitrogens is 2. The molecule has 3 rings (SSSR count). The average molecular weight is 358 g/mol. The van der Waals surface area contributed by atoms with Crippen molar-refractivity contribution in [3.05, 3.63) is 65.5 Å². The predicted octanol–water partition coefficient (Wildman–Crippen LogP) is 4.14. The maximum absolute atomic E-state index is 12.8. The van der Waals surface area contributed by atoms with E-state index >= 15 is 0 Å². The molecule has 2 aromatic carbocycles. The molecule has 1 aromatic heterocycles. The molecule has 0 radical (unpaired) electrons. The third kappa shape index (κ3) is 4.62. The summed E-state index contributed by atoms with van der Waals surface area (Å²) >= 11 is 0. The molecule has 0 fully saturated rings. The Morgan fingerprint density at radius 1 is 1.22 bits per heavy atom. The molecule has 2 N–H and O–H groups in total. The van der Waals surface area contributed by atoms with E-state index in [0.29, 0.717) is 29.4 Å². The lowest BCUT2D eigenvalue weighted by Crippen LogP contribution is -2.26. The number of para-hydroxylation sites is 2. The molecule has 0 spiro atoms. The van der Waals surface area contributed by atoms with Crippen LogP contribution in [0.3, 0.4) is 0 Å². The van der Waals surface area contributed by atoms with Gasteiger partial charge in [-0.3, -0.25) is 4.79 Å². The van der Waals surface area contributed by atoms with Crippen LogP contribution in [0.25, 0.3) is 22.7 Å². The molecule has 5 nitrogen and oxygen atoms in total. The largest absolute Gasteiger partial charge is 0.352 e. The standard InChI is InChI=1S/C22H22N4O/c1-15(2)11-12-24-22(27)18(13-16-7-9-17(14-23)10-8-16)21-25-19-5-3-4-6-20(19)26-21/h3-10,13,15H,11-12H2,1-2H3,(H,24,27)(H,25,26)/b18-13+. The van der Waals surface area contributed by atoms with Gasteiger partial charge in [-0.1, -0.05) is 38.1 Å². The second kappa shape index (κ2) is 8.33. The number of carbonyl (C=O) groups is 1. The first kappa shape index (κ1) is 18.4. The summed E-state index contributed by atoms with van der Waals surface area (Å²) in [6.45, 7) is 4.86. The molecule has 0 aliphatic rings. The Morgan fingerprint density at radius 3 is 2.63 bits per heavy atom.